The summed E-state index contributed by atoms with van der Waals surface area (Å²) in [7, 11) is -1.85. The van der Waals surface area contributed by atoms with Crippen LogP contribution < -0.4 is 11.4 Å². The zero-order valence-electron chi connectivity index (χ0n) is 12.1. The Morgan fingerprint density at radius 2 is 2.36 bits per heavy atom. The average Bonchev–Trinajstić information content (AvgIpc) is 2.84. The molecule has 2 aliphatic heterocycles. The number of aliphatic hydroxyl groups excluding tert-OH is 1. The second-order valence-electron chi connectivity index (χ2n) is 5.41. The summed E-state index contributed by atoms with van der Waals surface area (Å²) in [5, 5.41) is 10.5. The number of nitrogens with two attached hydrogens (primary N) is 1. The minimum atomic E-state index is -1.85. The largest absolute Gasteiger partial charge is 0.504 e. The Labute approximate surface area is 126 Å². The van der Waals surface area contributed by atoms with E-state index in [9.17, 15) is 14.5 Å². The van der Waals surface area contributed by atoms with E-state index in [1.807, 2.05) is 0 Å². The van der Waals surface area contributed by atoms with Crippen molar-refractivity contribution in [2.75, 3.05) is 19.0 Å². The standard InChI is InChI=1S/C12H16N3O6P/c1-6-12(5-19-22(2)18)9(16)8(20-6)10(21-12)15-4-3-7(13)14-11(15)17/h3-4,6,8-10,16H,5H2,1-2H3,(H-,13,14,17)/p+1/t6?,8-,9+,10-,12+/m1/s1. The van der Waals surface area contributed by atoms with Gasteiger partial charge in [0.25, 0.3) is 0 Å². The molecule has 3 N–H and O–H groups in total. The van der Waals surface area contributed by atoms with Crippen LogP contribution in [-0.4, -0.2) is 51.8 Å². The monoisotopic (exact) mass is 330 g/mol. The Balaban J connectivity index is 1.92. The number of ether oxygens (including phenoxy) is 2. The van der Waals surface area contributed by atoms with E-state index < -0.39 is 43.9 Å². The Bertz CT molecular complexity index is 667. The molecule has 0 radical (unpaired) electrons. The van der Waals surface area contributed by atoms with Crippen LogP contribution >= 0.6 is 8.03 Å². The lowest BCUT2D eigenvalue weighted by atomic mass is 9.94. The van der Waals surface area contributed by atoms with Gasteiger partial charge in [-0.15, -0.1) is 4.52 Å². The molecule has 0 saturated carbocycles. The maximum Gasteiger partial charge on any atom is 0.504 e. The predicted molar refractivity (Wildman–Crippen MR) is 75.6 cm³/mol. The zero-order valence-corrected chi connectivity index (χ0v) is 13.0. The lowest BCUT2D eigenvalue weighted by Gasteiger charge is -2.34. The summed E-state index contributed by atoms with van der Waals surface area (Å²) in [5.74, 6) is 0.0975. The summed E-state index contributed by atoms with van der Waals surface area (Å²) in [6, 6.07) is 1.46. The fraction of sp³-hybridized carbons (Fsp3) is 0.667. The van der Waals surface area contributed by atoms with E-state index in [0.717, 1.165) is 0 Å². The van der Waals surface area contributed by atoms with Crippen molar-refractivity contribution in [3.63, 3.8) is 0 Å². The van der Waals surface area contributed by atoms with Crippen LogP contribution in [0.4, 0.5) is 5.82 Å². The van der Waals surface area contributed by atoms with Gasteiger partial charge in [-0.2, -0.15) is 4.98 Å². The van der Waals surface area contributed by atoms with Crippen LogP contribution in [0.25, 0.3) is 0 Å². The Morgan fingerprint density at radius 3 is 3.00 bits per heavy atom. The molecule has 6 atom stereocenters. The number of nitrogens with zero attached hydrogens (tertiary/aromatic N) is 2. The second-order valence-corrected chi connectivity index (χ2v) is 6.54. The molecule has 10 heteroatoms. The predicted octanol–water partition coefficient (Wildman–Crippen LogP) is -0.370. The van der Waals surface area contributed by atoms with Crippen LogP contribution in [0.15, 0.2) is 17.1 Å². The minimum Gasteiger partial charge on any atom is -0.387 e. The van der Waals surface area contributed by atoms with Gasteiger partial charge in [0.05, 0.1) is 6.10 Å². The average molecular weight is 330 g/mol. The molecule has 2 bridgehead atoms. The first-order chi connectivity index (χ1) is 10.3. The quantitative estimate of drug-likeness (QED) is 0.716. The molecule has 9 nitrogen and oxygen atoms in total. The van der Waals surface area contributed by atoms with Gasteiger partial charge in [-0.05, 0) is 17.6 Å². The molecule has 2 fully saturated rings. The van der Waals surface area contributed by atoms with Crippen LogP contribution in [-0.2, 0) is 18.6 Å². The lowest BCUT2D eigenvalue weighted by Crippen LogP contribution is -2.50. The topological polar surface area (TPSA) is 126 Å². The van der Waals surface area contributed by atoms with Crippen molar-refractivity contribution in [1.29, 1.82) is 0 Å². The lowest BCUT2D eigenvalue weighted by molar-refractivity contribution is -0.215. The molecule has 3 rings (SSSR count). The third kappa shape index (κ3) is 2.26. The van der Waals surface area contributed by atoms with Gasteiger partial charge in [-0.25, -0.2) is 4.79 Å². The molecule has 2 aliphatic rings. The molecule has 2 unspecified atom stereocenters. The van der Waals surface area contributed by atoms with Crippen molar-refractivity contribution < 1.29 is 23.7 Å². The normalized spacial score (nSPS) is 37.5. The fourth-order valence-electron chi connectivity index (χ4n) is 2.89. The molecule has 0 spiro atoms. The molecule has 1 aromatic heterocycles. The van der Waals surface area contributed by atoms with Crippen molar-refractivity contribution in [3.05, 3.63) is 22.7 Å². The summed E-state index contributed by atoms with van der Waals surface area (Å²) in [4.78, 5) is 15.6. The molecule has 120 valence electrons. The summed E-state index contributed by atoms with van der Waals surface area (Å²) in [6.07, 6.45) is -1.62. The van der Waals surface area contributed by atoms with E-state index >= 15 is 0 Å². The first-order valence-corrected chi connectivity index (χ1v) is 8.37. The van der Waals surface area contributed by atoms with E-state index in [1.54, 1.807) is 6.92 Å². The molecule has 0 amide bonds. The Kier molecular flexibility index (Phi) is 3.78. The molecular formula is C12H17N3O6P+. The highest BCUT2D eigenvalue weighted by Gasteiger charge is 2.66. The van der Waals surface area contributed by atoms with Gasteiger partial charge in [-0.1, -0.05) is 0 Å². The number of aliphatic hydroxyl groups is 1. The second kappa shape index (κ2) is 5.36. The molecule has 3 heterocycles. The van der Waals surface area contributed by atoms with E-state index in [1.165, 1.54) is 23.5 Å². The Hall–Kier alpha value is -1.38. The van der Waals surface area contributed by atoms with Gasteiger partial charge < -0.3 is 20.3 Å². The SMILES string of the molecule is CC1O[C@H]2[C@H](n3ccc(N)nc3=O)O[C@]1(CO[P+](C)=O)[C@H]2O. The van der Waals surface area contributed by atoms with Crippen LogP contribution in [0.2, 0.25) is 0 Å². The number of rotatable bonds is 4. The Morgan fingerprint density at radius 1 is 1.64 bits per heavy atom. The number of fused-ring (bicyclic) bond motifs is 2. The summed E-state index contributed by atoms with van der Waals surface area (Å²) >= 11 is 0. The van der Waals surface area contributed by atoms with Crippen molar-refractivity contribution in [1.82, 2.24) is 9.55 Å². The summed E-state index contributed by atoms with van der Waals surface area (Å²) in [6.45, 7) is 3.05. The van der Waals surface area contributed by atoms with Crippen LogP contribution in [0.1, 0.15) is 13.2 Å². The molecular weight excluding hydrogens is 313 g/mol. The highest BCUT2D eigenvalue weighted by molar-refractivity contribution is 7.38. The number of hydrogen-bond acceptors (Lipinski definition) is 8. The van der Waals surface area contributed by atoms with Gasteiger partial charge in [0.15, 0.2) is 18.5 Å². The van der Waals surface area contributed by atoms with E-state index in [-0.39, 0.29) is 12.4 Å². The van der Waals surface area contributed by atoms with Crippen molar-refractivity contribution in [2.45, 2.75) is 37.1 Å². The van der Waals surface area contributed by atoms with Crippen molar-refractivity contribution in [3.8, 4) is 0 Å². The molecule has 0 aliphatic carbocycles. The zero-order chi connectivity index (χ0) is 16.1. The third-order valence-electron chi connectivity index (χ3n) is 4.08. The molecule has 22 heavy (non-hydrogen) atoms. The highest BCUT2D eigenvalue weighted by Crippen LogP contribution is 2.49. The maximum atomic E-state index is 11.9. The van der Waals surface area contributed by atoms with Gasteiger partial charge in [0, 0.05) is 6.20 Å². The van der Waals surface area contributed by atoms with E-state index in [2.05, 4.69) is 4.98 Å². The number of hydrogen-bond donors (Lipinski definition) is 2. The van der Waals surface area contributed by atoms with Crippen LogP contribution in [0.3, 0.4) is 0 Å². The van der Waals surface area contributed by atoms with Gasteiger partial charge in [0.2, 0.25) is 0 Å². The minimum absolute atomic E-state index is 0.0921. The molecule has 0 aromatic carbocycles. The summed E-state index contributed by atoms with van der Waals surface area (Å²) in [5.41, 5.74) is 3.69. The highest BCUT2D eigenvalue weighted by atomic mass is 31.1. The van der Waals surface area contributed by atoms with Crippen molar-refractivity contribution in [2.24, 2.45) is 0 Å². The van der Waals surface area contributed by atoms with Crippen LogP contribution in [0.5, 0.6) is 0 Å². The third-order valence-corrected chi connectivity index (χ3v) is 4.57. The number of aromatic nitrogens is 2. The first kappa shape index (κ1) is 15.5. The molecule has 1 aromatic rings. The smallest absolute Gasteiger partial charge is 0.387 e. The van der Waals surface area contributed by atoms with Crippen molar-refractivity contribution >= 4 is 13.8 Å². The number of anilines is 1. The van der Waals surface area contributed by atoms with Gasteiger partial charge in [0.1, 0.15) is 24.6 Å². The van der Waals surface area contributed by atoms with Crippen LogP contribution in [0, 0.1) is 0 Å². The van der Waals surface area contributed by atoms with Gasteiger partial charge >= 0.3 is 13.7 Å². The number of nitrogen functional groups attached to an aromatic ring is 1. The van der Waals surface area contributed by atoms with Gasteiger partial charge in [-0.3, -0.25) is 4.57 Å². The molecule has 2 saturated heterocycles. The first-order valence-electron chi connectivity index (χ1n) is 6.75. The van der Waals surface area contributed by atoms with E-state index in [4.69, 9.17) is 19.7 Å². The van der Waals surface area contributed by atoms with E-state index in [0.29, 0.717) is 0 Å². The maximum absolute atomic E-state index is 11.9. The fourth-order valence-corrected chi connectivity index (χ4v) is 3.27. The summed E-state index contributed by atoms with van der Waals surface area (Å²) < 4.78 is 29.1.